The lowest BCUT2D eigenvalue weighted by atomic mass is 10.3. The van der Waals surface area contributed by atoms with Crippen LogP contribution in [0, 0.1) is 11.6 Å². The van der Waals surface area contributed by atoms with Crippen LogP contribution in [0.3, 0.4) is 0 Å². The van der Waals surface area contributed by atoms with Gasteiger partial charge in [0, 0.05) is 11.8 Å². The Balaban J connectivity index is 2.25. The minimum Gasteiger partial charge on any atom is -0.473 e. The predicted molar refractivity (Wildman–Crippen MR) is 74.1 cm³/mol. The molecule has 2 rings (SSSR count). The van der Waals surface area contributed by atoms with Crippen molar-refractivity contribution in [3.05, 3.63) is 42.0 Å². The van der Waals surface area contributed by atoms with E-state index in [0.717, 1.165) is 6.07 Å². The second-order valence-corrected chi connectivity index (χ2v) is 4.54. The molecule has 2 aromatic rings. The van der Waals surface area contributed by atoms with Crippen LogP contribution < -0.4 is 15.8 Å². The highest BCUT2D eigenvalue weighted by atomic mass is 19.1. The maximum atomic E-state index is 13.1. The fraction of sp³-hybridized carbons (Fsp3) is 0.214. The molecule has 0 unspecified atom stereocenters. The second-order valence-electron chi connectivity index (χ2n) is 4.54. The van der Waals surface area contributed by atoms with Crippen molar-refractivity contribution in [2.45, 2.75) is 20.0 Å². The van der Waals surface area contributed by atoms with Crippen molar-refractivity contribution in [2.24, 2.45) is 0 Å². The lowest BCUT2D eigenvalue weighted by Crippen LogP contribution is -2.09. The molecule has 0 saturated carbocycles. The summed E-state index contributed by atoms with van der Waals surface area (Å²) in [6.45, 7) is 3.70. The maximum Gasteiger partial charge on any atom is 0.239 e. The first-order valence-electron chi connectivity index (χ1n) is 6.10. The molecule has 0 bridgehead atoms. The highest BCUT2D eigenvalue weighted by Crippen LogP contribution is 2.24. The molecule has 0 amide bonds. The molecule has 1 aromatic carbocycles. The van der Waals surface area contributed by atoms with Crippen LogP contribution in [-0.2, 0) is 0 Å². The monoisotopic (exact) mass is 279 g/mol. The van der Waals surface area contributed by atoms with Gasteiger partial charge < -0.3 is 15.8 Å². The summed E-state index contributed by atoms with van der Waals surface area (Å²) in [5, 5.41) is 2.80. The normalized spacial score (nSPS) is 10.7. The molecule has 0 saturated heterocycles. The molecule has 0 spiro atoms. The maximum absolute atomic E-state index is 13.1. The molecule has 0 aliphatic rings. The van der Waals surface area contributed by atoms with E-state index < -0.39 is 11.6 Å². The summed E-state index contributed by atoms with van der Waals surface area (Å²) in [5.41, 5.74) is 6.40. The van der Waals surface area contributed by atoms with Gasteiger partial charge >= 0.3 is 0 Å². The number of ether oxygens (including phenoxy) is 1. The first kappa shape index (κ1) is 14.0. The number of benzene rings is 1. The van der Waals surface area contributed by atoms with E-state index in [1.807, 2.05) is 13.8 Å². The van der Waals surface area contributed by atoms with Crippen LogP contribution in [0.1, 0.15) is 13.8 Å². The lowest BCUT2D eigenvalue weighted by molar-refractivity contribution is 0.234. The molecule has 0 fully saturated rings. The van der Waals surface area contributed by atoms with E-state index in [-0.39, 0.29) is 17.7 Å². The van der Waals surface area contributed by atoms with Gasteiger partial charge in [-0.2, -0.15) is 4.98 Å². The first-order chi connectivity index (χ1) is 9.44. The predicted octanol–water partition coefficient (Wildman–Crippen LogP) is 3.47. The quantitative estimate of drug-likeness (QED) is 0.899. The summed E-state index contributed by atoms with van der Waals surface area (Å²) in [5.74, 6) is -0.662. The Bertz CT molecular complexity index is 597. The Hall–Kier alpha value is -2.37. The minimum atomic E-state index is -0.665. The zero-order valence-electron chi connectivity index (χ0n) is 11.2. The van der Waals surface area contributed by atoms with Crippen molar-refractivity contribution in [2.75, 3.05) is 11.1 Å². The smallest absolute Gasteiger partial charge is 0.239 e. The number of hydrogen-bond donors (Lipinski definition) is 2. The molecule has 1 aromatic heterocycles. The van der Waals surface area contributed by atoms with Crippen molar-refractivity contribution >= 4 is 17.2 Å². The van der Waals surface area contributed by atoms with Crippen LogP contribution in [0.5, 0.6) is 5.88 Å². The van der Waals surface area contributed by atoms with Crippen molar-refractivity contribution in [3.63, 3.8) is 0 Å². The summed E-state index contributed by atoms with van der Waals surface area (Å²) >= 11 is 0. The number of hydrogen-bond acceptors (Lipinski definition) is 4. The largest absolute Gasteiger partial charge is 0.473 e. The van der Waals surface area contributed by atoms with Gasteiger partial charge in [0.15, 0.2) is 0 Å². The Labute approximate surface area is 115 Å². The molecule has 0 atom stereocenters. The number of halogens is 2. The van der Waals surface area contributed by atoms with E-state index in [1.165, 1.54) is 12.1 Å². The summed E-state index contributed by atoms with van der Waals surface area (Å²) in [6, 6.07) is 6.36. The average molecular weight is 279 g/mol. The third kappa shape index (κ3) is 3.57. The third-order valence-corrected chi connectivity index (χ3v) is 2.37. The number of nitrogens with two attached hydrogens (primary N) is 1. The Morgan fingerprint density at radius 1 is 1.15 bits per heavy atom. The van der Waals surface area contributed by atoms with E-state index in [9.17, 15) is 8.78 Å². The van der Waals surface area contributed by atoms with E-state index in [0.29, 0.717) is 11.5 Å². The third-order valence-electron chi connectivity index (χ3n) is 2.37. The highest BCUT2D eigenvalue weighted by Gasteiger charge is 2.07. The molecule has 3 N–H and O–H groups in total. The number of rotatable bonds is 4. The Morgan fingerprint density at radius 2 is 1.80 bits per heavy atom. The minimum absolute atomic E-state index is 0.0772. The molecule has 0 radical (unpaired) electrons. The topological polar surface area (TPSA) is 60.2 Å². The Kier molecular flexibility index (Phi) is 4.02. The zero-order valence-corrected chi connectivity index (χ0v) is 11.2. The highest BCUT2D eigenvalue weighted by molar-refractivity contribution is 5.60. The zero-order chi connectivity index (χ0) is 14.7. The van der Waals surface area contributed by atoms with Gasteiger partial charge in [-0.1, -0.05) is 0 Å². The summed E-state index contributed by atoms with van der Waals surface area (Å²) in [6.07, 6.45) is -0.0772. The molecular formula is C14H15F2N3O. The molecule has 6 heteroatoms. The van der Waals surface area contributed by atoms with Crippen LogP contribution in [0.15, 0.2) is 30.3 Å². The molecule has 106 valence electrons. The van der Waals surface area contributed by atoms with E-state index >= 15 is 0 Å². The van der Waals surface area contributed by atoms with Gasteiger partial charge in [0.2, 0.25) is 5.88 Å². The van der Waals surface area contributed by atoms with Crippen molar-refractivity contribution in [1.29, 1.82) is 0 Å². The van der Waals surface area contributed by atoms with E-state index in [4.69, 9.17) is 10.5 Å². The molecule has 20 heavy (non-hydrogen) atoms. The van der Waals surface area contributed by atoms with Crippen molar-refractivity contribution < 1.29 is 13.5 Å². The van der Waals surface area contributed by atoms with Crippen LogP contribution in [-0.4, -0.2) is 11.1 Å². The van der Waals surface area contributed by atoms with Gasteiger partial charge in [-0.25, -0.2) is 8.78 Å². The summed E-state index contributed by atoms with van der Waals surface area (Å²) in [7, 11) is 0. The molecule has 1 heterocycles. The molecular weight excluding hydrogens is 264 g/mol. The average Bonchev–Trinajstić information content (AvgIpc) is 2.31. The Morgan fingerprint density at radius 3 is 2.40 bits per heavy atom. The summed E-state index contributed by atoms with van der Waals surface area (Å²) < 4.78 is 31.6. The van der Waals surface area contributed by atoms with Crippen LogP contribution in [0.4, 0.5) is 26.0 Å². The number of pyridine rings is 1. The van der Waals surface area contributed by atoms with E-state index in [2.05, 4.69) is 10.3 Å². The van der Waals surface area contributed by atoms with Gasteiger partial charge in [0.25, 0.3) is 0 Å². The van der Waals surface area contributed by atoms with Gasteiger partial charge in [0.05, 0.1) is 11.8 Å². The van der Waals surface area contributed by atoms with E-state index in [1.54, 1.807) is 12.1 Å². The van der Waals surface area contributed by atoms with Gasteiger partial charge in [-0.3, -0.25) is 0 Å². The standard InChI is InChI=1S/C14H15F2N3O/c1-8(2)20-14-12(17)3-4-13(19-14)18-11-6-9(15)5-10(16)7-11/h3-8H,17H2,1-2H3,(H,18,19). The van der Waals surface area contributed by atoms with Crippen LogP contribution in [0.2, 0.25) is 0 Å². The lowest BCUT2D eigenvalue weighted by Gasteiger charge is -2.13. The number of nitrogen functional groups attached to an aromatic ring is 1. The number of anilines is 3. The van der Waals surface area contributed by atoms with Crippen LogP contribution in [0.25, 0.3) is 0 Å². The molecule has 0 aliphatic carbocycles. The van der Waals surface area contributed by atoms with Gasteiger partial charge in [-0.15, -0.1) is 0 Å². The van der Waals surface area contributed by atoms with Gasteiger partial charge in [0.1, 0.15) is 17.5 Å². The fourth-order valence-electron chi connectivity index (χ4n) is 1.61. The van der Waals surface area contributed by atoms with Gasteiger partial charge in [-0.05, 0) is 38.1 Å². The van der Waals surface area contributed by atoms with Crippen molar-refractivity contribution in [3.8, 4) is 5.88 Å². The number of nitrogens with zero attached hydrogens (tertiary/aromatic N) is 1. The number of aromatic nitrogens is 1. The van der Waals surface area contributed by atoms with Crippen LogP contribution >= 0.6 is 0 Å². The fourth-order valence-corrected chi connectivity index (χ4v) is 1.61. The SMILES string of the molecule is CC(C)Oc1nc(Nc2cc(F)cc(F)c2)ccc1N. The molecule has 0 aliphatic heterocycles. The van der Waals surface area contributed by atoms with Crippen molar-refractivity contribution in [1.82, 2.24) is 4.98 Å². The second kappa shape index (κ2) is 5.73. The first-order valence-corrected chi connectivity index (χ1v) is 6.10. The molecule has 4 nitrogen and oxygen atoms in total. The number of nitrogens with one attached hydrogen (secondary N) is 1. The summed E-state index contributed by atoms with van der Waals surface area (Å²) in [4.78, 5) is 4.16.